The summed E-state index contributed by atoms with van der Waals surface area (Å²) in [7, 11) is -3.01. The number of phenols is 1. The van der Waals surface area contributed by atoms with Gasteiger partial charge in [-0.15, -0.1) is 0 Å². The molecule has 1 saturated carbocycles. The van der Waals surface area contributed by atoms with Crippen LogP contribution in [0.5, 0.6) is 5.75 Å². The van der Waals surface area contributed by atoms with Gasteiger partial charge in [-0.05, 0) is 82.1 Å². The SMILES string of the molecule is CC/C(=C\c1ccc(O)c2ccccc12)CC[C@@H](O)C1=C(CO[Si](c2ccccc2)(c2ccccc2)C(C)(C)C)C[C@H]2C(=O)N(C3CCCCC3)C(=O)[C@H]2[C@H]1CO. The Balaban J connectivity index is 1.27. The molecule has 0 unspecified atom stereocenters. The molecule has 2 aliphatic carbocycles. The molecule has 3 aliphatic rings. The normalized spacial score (nSPS) is 21.7. The molecule has 0 aromatic heterocycles. The second-order valence-electron chi connectivity index (χ2n) is 17.4. The van der Waals surface area contributed by atoms with Gasteiger partial charge in [-0.1, -0.05) is 150 Å². The molecule has 4 aromatic carbocycles. The van der Waals surface area contributed by atoms with E-state index in [9.17, 15) is 24.9 Å². The van der Waals surface area contributed by atoms with Gasteiger partial charge < -0.3 is 19.7 Å². The minimum atomic E-state index is -3.01. The van der Waals surface area contributed by atoms with Crippen molar-refractivity contribution in [2.75, 3.05) is 13.2 Å². The fraction of sp³-hybridized carbons (Fsp3) is 0.429. The van der Waals surface area contributed by atoms with Crippen LogP contribution >= 0.6 is 0 Å². The average Bonchev–Trinajstić information content (AvgIpc) is 3.48. The number of nitrogens with zero attached hydrogens (tertiary/aromatic N) is 1. The van der Waals surface area contributed by atoms with Gasteiger partial charge in [0.05, 0.1) is 31.2 Å². The number of likely N-dealkylation sites (tertiary alicyclic amines) is 1. The summed E-state index contributed by atoms with van der Waals surface area (Å²) in [6.45, 7) is 8.63. The molecular formula is C49H59NO6Si. The standard InChI is InChI=1S/C49H59NO6Si/c1-5-33(29-34-26-28-43(52)40-24-16-15-23-39(34)40)25-27-44(53)45-35(30-41-46(42(45)31-51)48(55)50(47(41)54)36-17-9-6-10-18-36)32-56-57(49(2,3)4,37-19-11-7-12-20-37)38-21-13-8-14-22-38/h7-8,11-16,19-24,26,28-29,36,41-42,44,46,51-53H,5-6,9-10,17-18,25,27,30-32H2,1-4H3/b33-29+/t41-,42+,44-,46-/m1/s1. The second kappa shape index (κ2) is 17.3. The van der Waals surface area contributed by atoms with Gasteiger partial charge in [-0.2, -0.15) is 0 Å². The average molecular weight is 786 g/mol. The molecule has 2 fully saturated rings. The van der Waals surface area contributed by atoms with Gasteiger partial charge in [-0.25, -0.2) is 0 Å². The molecule has 1 saturated heterocycles. The van der Waals surface area contributed by atoms with Gasteiger partial charge in [0.15, 0.2) is 0 Å². The summed E-state index contributed by atoms with van der Waals surface area (Å²) < 4.78 is 7.46. The largest absolute Gasteiger partial charge is 0.507 e. The van der Waals surface area contributed by atoms with Crippen molar-refractivity contribution < 1.29 is 29.3 Å². The molecule has 300 valence electrons. The van der Waals surface area contributed by atoms with Gasteiger partial charge in [0, 0.05) is 17.3 Å². The van der Waals surface area contributed by atoms with E-state index < -0.39 is 32.2 Å². The molecule has 7 rings (SSSR count). The predicted octanol–water partition coefficient (Wildman–Crippen LogP) is 8.30. The number of phenolic OH excluding ortho intramolecular Hbond substituents is 1. The molecule has 0 radical (unpaired) electrons. The molecule has 8 heteroatoms. The van der Waals surface area contributed by atoms with Crippen molar-refractivity contribution in [1.29, 1.82) is 0 Å². The van der Waals surface area contributed by atoms with Crippen molar-refractivity contribution in [2.45, 2.75) is 103 Å². The molecule has 2 amide bonds. The first-order chi connectivity index (χ1) is 27.5. The minimum absolute atomic E-state index is 0.109. The Morgan fingerprint density at radius 3 is 2.07 bits per heavy atom. The maximum atomic E-state index is 14.4. The van der Waals surface area contributed by atoms with Crippen molar-refractivity contribution in [2.24, 2.45) is 17.8 Å². The molecule has 3 N–H and O–H groups in total. The van der Waals surface area contributed by atoms with E-state index in [1.165, 1.54) is 0 Å². The third kappa shape index (κ3) is 7.82. The first-order valence-electron chi connectivity index (χ1n) is 21.0. The van der Waals surface area contributed by atoms with Gasteiger partial charge in [0.25, 0.3) is 8.32 Å². The number of benzene rings is 4. The molecule has 1 aliphatic heterocycles. The molecule has 4 aromatic rings. The van der Waals surface area contributed by atoms with E-state index in [2.05, 4.69) is 82.3 Å². The minimum Gasteiger partial charge on any atom is -0.507 e. The molecule has 7 nitrogen and oxygen atoms in total. The maximum Gasteiger partial charge on any atom is 0.261 e. The number of aliphatic hydroxyl groups is 2. The third-order valence-corrected chi connectivity index (χ3v) is 18.1. The van der Waals surface area contributed by atoms with Crippen molar-refractivity contribution >= 4 is 47.4 Å². The summed E-state index contributed by atoms with van der Waals surface area (Å²) in [5.74, 6) is -2.10. The Kier molecular flexibility index (Phi) is 12.4. The molecule has 4 atom stereocenters. The summed E-state index contributed by atoms with van der Waals surface area (Å²) >= 11 is 0. The molecular weight excluding hydrogens is 727 g/mol. The van der Waals surface area contributed by atoms with Gasteiger partial charge >= 0.3 is 0 Å². The molecule has 1 heterocycles. The van der Waals surface area contributed by atoms with Crippen LogP contribution in [0.4, 0.5) is 0 Å². The number of aromatic hydroxyl groups is 1. The van der Waals surface area contributed by atoms with Crippen LogP contribution in [0.15, 0.2) is 114 Å². The zero-order valence-corrected chi connectivity index (χ0v) is 35.0. The summed E-state index contributed by atoms with van der Waals surface area (Å²) in [6, 6.07) is 32.2. The fourth-order valence-electron chi connectivity index (χ4n) is 10.3. The summed E-state index contributed by atoms with van der Waals surface area (Å²) in [5, 5.41) is 37.9. The Morgan fingerprint density at radius 2 is 1.47 bits per heavy atom. The molecule has 57 heavy (non-hydrogen) atoms. The Morgan fingerprint density at radius 1 is 0.860 bits per heavy atom. The zero-order chi connectivity index (χ0) is 40.3. The lowest BCUT2D eigenvalue weighted by Gasteiger charge is -2.44. The van der Waals surface area contributed by atoms with E-state index in [0.717, 1.165) is 76.4 Å². The number of carbonyl (C=O) groups excluding carboxylic acids is 2. The number of allylic oxidation sites excluding steroid dienone is 1. The number of rotatable bonds is 13. The topological polar surface area (TPSA) is 107 Å². The highest BCUT2D eigenvalue weighted by Gasteiger charge is 2.57. The van der Waals surface area contributed by atoms with Crippen LogP contribution in [0.25, 0.3) is 16.8 Å². The van der Waals surface area contributed by atoms with Crippen molar-refractivity contribution in [3.05, 3.63) is 119 Å². The first kappa shape index (κ1) is 40.8. The van der Waals surface area contributed by atoms with Gasteiger partial charge in [-0.3, -0.25) is 14.5 Å². The zero-order valence-electron chi connectivity index (χ0n) is 34.0. The van der Waals surface area contributed by atoms with Crippen LogP contribution in [0.2, 0.25) is 5.04 Å². The first-order valence-corrected chi connectivity index (χ1v) is 22.9. The highest BCUT2D eigenvalue weighted by Crippen LogP contribution is 2.48. The lowest BCUT2D eigenvalue weighted by atomic mass is 9.68. The van der Waals surface area contributed by atoms with Crippen molar-refractivity contribution in [1.82, 2.24) is 4.90 Å². The lowest BCUT2D eigenvalue weighted by Crippen LogP contribution is -2.66. The van der Waals surface area contributed by atoms with Crippen LogP contribution in [-0.4, -0.2) is 65.7 Å². The Labute approximate surface area is 339 Å². The third-order valence-electron chi connectivity index (χ3n) is 13.1. The quantitative estimate of drug-likeness (QED) is 0.0716. The number of hydrogen-bond donors (Lipinski definition) is 3. The predicted molar refractivity (Wildman–Crippen MR) is 231 cm³/mol. The van der Waals surface area contributed by atoms with E-state index in [1.54, 1.807) is 11.0 Å². The van der Waals surface area contributed by atoms with E-state index in [0.29, 0.717) is 24.8 Å². The number of hydrogen-bond acceptors (Lipinski definition) is 6. The molecule has 0 spiro atoms. The maximum absolute atomic E-state index is 14.4. The Hall–Kier alpha value is -4.34. The van der Waals surface area contributed by atoms with E-state index in [1.807, 2.05) is 42.5 Å². The highest BCUT2D eigenvalue weighted by atomic mass is 28.4. The van der Waals surface area contributed by atoms with Crippen LogP contribution in [0, 0.1) is 17.8 Å². The van der Waals surface area contributed by atoms with Crippen molar-refractivity contribution in [3.8, 4) is 5.75 Å². The van der Waals surface area contributed by atoms with E-state index in [-0.39, 0.29) is 41.9 Å². The van der Waals surface area contributed by atoms with E-state index in [4.69, 9.17) is 4.43 Å². The van der Waals surface area contributed by atoms with Gasteiger partial charge in [0.2, 0.25) is 11.8 Å². The van der Waals surface area contributed by atoms with E-state index >= 15 is 0 Å². The number of amides is 2. The van der Waals surface area contributed by atoms with Gasteiger partial charge in [0.1, 0.15) is 5.75 Å². The number of carbonyl (C=O) groups is 2. The number of fused-ring (bicyclic) bond motifs is 2. The highest BCUT2D eigenvalue weighted by molar-refractivity contribution is 6.99. The second-order valence-corrected chi connectivity index (χ2v) is 21.7. The Bertz CT molecular complexity index is 2080. The monoisotopic (exact) mass is 785 g/mol. The van der Waals surface area contributed by atoms with Crippen LogP contribution in [0.3, 0.4) is 0 Å². The summed E-state index contributed by atoms with van der Waals surface area (Å²) in [4.78, 5) is 30.3. The lowest BCUT2D eigenvalue weighted by molar-refractivity contribution is -0.143. The van der Waals surface area contributed by atoms with Crippen molar-refractivity contribution in [3.63, 3.8) is 0 Å². The molecule has 0 bridgehead atoms. The van der Waals surface area contributed by atoms with Crippen LogP contribution in [0.1, 0.15) is 91.0 Å². The summed E-state index contributed by atoms with van der Waals surface area (Å²) in [6.07, 6.45) is 7.97. The summed E-state index contributed by atoms with van der Waals surface area (Å²) in [5.41, 5.74) is 3.63. The fourth-order valence-corrected chi connectivity index (χ4v) is 14.8. The van der Waals surface area contributed by atoms with Crippen LogP contribution in [-0.2, 0) is 14.0 Å². The number of imide groups is 1. The van der Waals surface area contributed by atoms with Crippen LogP contribution < -0.4 is 10.4 Å². The smallest absolute Gasteiger partial charge is 0.261 e. The number of aliphatic hydroxyl groups excluding tert-OH is 2.